The molecule has 1 aliphatic rings. The summed E-state index contributed by atoms with van der Waals surface area (Å²) in [6, 6.07) is 3.88. The normalized spacial score (nSPS) is 27.3. The summed E-state index contributed by atoms with van der Waals surface area (Å²) in [5, 5.41) is 55.5. The van der Waals surface area contributed by atoms with E-state index in [9.17, 15) is 30.0 Å². The van der Waals surface area contributed by atoms with Gasteiger partial charge >= 0.3 is 5.63 Å². The average molecular weight is 450 g/mol. The average Bonchev–Trinajstić information content (AvgIpc) is 2.73. The second kappa shape index (κ2) is 9.12. The van der Waals surface area contributed by atoms with Gasteiger partial charge in [0.2, 0.25) is 0 Å². The van der Waals surface area contributed by atoms with Gasteiger partial charge in [0.15, 0.2) is 0 Å². The minimum absolute atomic E-state index is 0.0941. The Morgan fingerprint density at radius 2 is 2.16 bits per heavy atom. The quantitative estimate of drug-likeness (QED) is 0.165. The van der Waals surface area contributed by atoms with Crippen molar-refractivity contribution in [3.8, 4) is 5.75 Å². The zero-order valence-electron chi connectivity index (χ0n) is 16.7. The summed E-state index contributed by atoms with van der Waals surface area (Å²) in [6.45, 7) is 0.750. The molecule has 13 heteroatoms. The van der Waals surface area contributed by atoms with E-state index in [1.807, 2.05) is 0 Å². The standard InChI is InChI=1S/C19H21N3O10/c1-8-4-14(26)30-13-5-9(2-3-10(8)13)31-19(18(28)29)6-11(24)15(21-22-20)17(32-19)16(27)12(25)7-23/h2-5,11-12,15-17,23-25,27H,6-7H2,1H3,(H,28,29)/p-1/t11-,12+,15+,16+,17+,19+/m0/s1. The Bertz CT molecular complexity index is 1110. The number of carboxylic acid groups (broad SMARTS) is 1. The van der Waals surface area contributed by atoms with Crippen LogP contribution in [0.3, 0.4) is 0 Å². The van der Waals surface area contributed by atoms with Crippen LogP contribution in [-0.2, 0) is 9.53 Å². The van der Waals surface area contributed by atoms with Gasteiger partial charge in [-0.1, -0.05) is 5.11 Å². The van der Waals surface area contributed by atoms with Crippen LogP contribution in [-0.4, -0.2) is 69.2 Å². The third-order valence-corrected chi connectivity index (χ3v) is 5.15. The molecule has 0 amide bonds. The number of carbonyl (C=O) groups is 1. The number of aliphatic hydroxyl groups is 4. The van der Waals surface area contributed by atoms with Crippen molar-refractivity contribution in [1.82, 2.24) is 0 Å². The molecule has 0 radical (unpaired) electrons. The van der Waals surface area contributed by atoms with Gasteiger partial charge in [-0.05, 0) is 30.2 Å². The summed E-state index contributed by atoms with van der Waals surface area (Å²) in [4.78, 5) is 26.2. The number of hydrogen-bond donors (Lipinski definition) is 4. The summed E-state index contributed by atoms with van der Waals surface area (Å²) >= 11 is 0. The lowest BCUT2D eigenvalue weighted by atomic mass is 9.89. The number of hydrogen-bond acceptors (Lipinski definition) is 11. The Kier molecular flexibility index (Phi) is 6.69. The van der Waals surface area contributed by atoms with Crippen molar-refractivity contribution in [2.45, 2.75) is 49.6 Å². The number of aliphatic carboxylic acids is 1. The molecule has 4 N–H and O–H groups in total. The molecule has 32 heavy (non-hydrogen) atoms. The van der Waals surface area contributed by atoms with Gasteiger partial charge < -0.3 is 44.2 Å². The molecule has 2 aromatic rings. The number of ether oxygens (including phenoxy) is 2. The summed E-state index contributed by atoms with van der Waals surface area (Å²) in [5.74, 6) is -4.75. The van der Waals surface area contributed by atoms with E-state index in [1.165, 1.54) is 24.3 Å². The van der Waals surface area contributed by atoms with E-state index in [0.717, 1.165) is 0 Å². The lowest BCUT2D eigenvalue weighted by Gasteiger charge is -2.47. The number of aliphatic hydroxyl groups excluding tert-OH is 4. The second-order valence-corrected chi connectivity index (χ2v) is 7.34. The minimum atomic E-state index is -2.68. The van der Waals surface area contributed by atoms with Crippen molar-refractivity contribution in [1.29, 1.82) is 0 Å². The van der Waals surface area contributed by atoms with Crippen LogP contribution in [0.25, 0.3) is 21.4 Å². The minimum Gasteiger partial charge on any atom is -0.543 e. The summed E-state index contributed by atoms with van der Waals surface area (Å²) in [6.07, 6.45) is -8.00. The Morgan fingerprint density at radius 1 is 1.44 bits per heavy atom. The predicted molar refractivity (Wildman–Crippen MR) is 103 cm³/mol. The van der Waals surface area contributed by atoms with Crippen LogP contribution >= 0.6 is 0 Å². The van der Waals surface area contributed by atoms with Gasteiger partial charge in [0, 0.05) is 28.9 Å². The predicted octanol–water partition coefficient (Wildman–Crippen LogP) is -1.53. The first kappa shape index (κ1) is 23.5. The third kappa shape index (κ3) is 4.39. The highest BCUT2D eigenvalue weighted by atomic mass is 16.7. The molecule has 0 aliphatic carbocycles. The highest BCUT2D eigenvalue weighted by molar-refractivity contribution is 5.81. The maximum Gasteiger partial charge on any atom is 0.336 e. The first-order chi connectivity index (χ1) is 15.1. The zero-order chi connectivity index (χ0) is 23.6. The number of nitrogens with zero attached hydrogens (tertiary/aromatic N) is 3. The Morgan fingerprint density at radius 3 is 2.78 bits per heavy atom. The lowest BCUT2D eigenvalue weighted by Crippen LogP contribution is -2.67. The van der Waals surface area contributed by atoms with E-state index >= 15 is 0 Å². The molecule has 0 bridgehead atoms. The van der Waals surface area contributed by atoms with Gasteiger partial charge in [-0.2, -0.15) is 0 Å². The van der Waals surface area contributed by atoms with Gasteiger partial charge in [-0.3, -0.25) is 0 Å². The van der Waals surface area contributed by atoms with Crippen LogP contribution < -0.4 is 15.5 Å². The monoisotopic (exact) mass is 450 g/mol. The Labute approximate surface area is 179 Å². The lowest BCUT2D eigenvalue weighted by molar-refractivity contribution is -0.367. The molecule has 1 fully saturated rings. The molecular formula is C19H20N3O10-. The van der Waals surface area contributed by atoms with Crippen LogP contribution in [0.5, 0.6) is 5.75 Å². The molecule has 1 aromatic heterocycles. The molecule has 1 aromatic carbocycles. The van der Waals surface area contributed by atoms with E-state index in [1.54, 1.807) is 6.92 Å². The SMILES string of the molecule is Cc1cc(=O)oc2cc(O[C@]3(C(=O)[O-])C[C@H](O)[C@@H](N=[N+]=[N-])[C@H]([C@H](O)[C@H](O)CO)O3)ccc12. The molecule has 1 aliphatic heterocycles. The number of carboxylic acids is 1. The molecule has 1 saturated heterocycles. The number of fused-ring (bicyclic) bond motifs is 1. The van der Waals surface area contributed by atoms with Crippen molar-refractivity contribution >= 4 is 16.9 Å². The molecule has 172 valence electrons. The van der Waals surface area contributed by atoms with Crippen LogP contribution in [0.1, 0.15) is 12.0 Å². The van der Waals surface area contributed by atoms with Gasteiger partial charge in [0.05, 0.1) is 18.8 Å². The van der Waals surface area contributed by atoms with Crippen molar-refractivity contribution in [3.05, 3.63) is 50.7 Å². The van der Waals surface area contributed by atoms with Crippen LogP contribution in [0.2, 0.25) is 0 Å². The van der Waals surface area contributed by atoms with Crippen LogP contribution in [0.15, 0.2) is 38.6 Å². The van der Waals surface area contributed by atoms with Gasteiger partial charge in [0.1, 0.15) is 35.6 Å². The smallest absolute Gasteiger partial charge is 0.336 e. The van der Waals surface area contributed by atoms with Crippen LogP contribution in [0.4, 0.5) is 0 Å². The first-order valence-corrected chi connectivity index (χ1v) is 9.44. The van der Waals surface area contributed by atoms with Gasteiger partial charge in [-0.25, -0.2) is 4.79 Å². The molecule has 0 spiro atoms. The maximum atomic E-state index is 12.0. The zero-order valence-corrected chi connectivity index (χ0v) is 16.7. The van der Waals surface area contributed by atoms with E-state index in [0.29, 0.717) is 10.9 Å². The Hall–Kier alpha value is -3.19. The number of benzene rings is 1. The van der Waals surface area contributed by atoms with Crippen LogP contribution in [0, 0.1) is 6.92 Å². The molecule has 3 rings (SSSR count). The molecular weight excluding hydrogens is 430 g/mol. The fraction of sp³-hybridized carbons (Fsp3) is 0.474. The summed E-state index contributed by atoms with van der Waals surface area (Å²) in [5.41, 5.74) is 8.82. The summed E-state index contributed by atoms with van der Waals surface area (Å²) in [7, 11) is 0. The number of rotatable bonds is 7. The van der Waals surface area contributed by atoms with Crippen molar-refractivity contribution in [2.24, 2.45) is 5.11 Å². The second-order valence-electron chi connectivity index (χ2n) is 7.34. The highest BCUT2D eigenvalue weighted by Gasteiger charge is 2.52. The summed E-state index contributed by atoms with van der Waals surface area (Å²) < 4.78 is 16.0. The van der Waals surface area contributed by atoms with Gasteiger partial charge in [0.25, 0.3) is 5.79 Å². The van der Waals surface area contributed by atoms with E-state index in [4.69, 9.17) is 24.5 Å². The Balaban J connectivity index is 2.03. The van der Waals surface area contributed by atoms with E-state index in [2.05, 4.69) is 10.0 Å². The molecule has 2 heterocycles. The number of aryl methyl sites for hydroxylation is 1. The van der Waals surface area contributed by atoms with Gasteiger partial charge in [-0.15, -0.1) is 0 Å². The number of azide groups is 1. The maximum absolute atomic E-state index is 12.0. The highest BCUT2D eigenvalue weighted by Crippen LogP contribution is 2.36. The molecule has 13 nitrogen and oxygen atoms in total. The molecule has 0 saturated carbocycles. The fourth-order valence-electron chi connectivity index (χ4n) is 3.55. The van der Waals surface area contributed by atoms with Crippen molar-refractivity contribution < 1.29 is 44.2 Å². The number of carbonyl (C=O) groups excluding carboxylic acids is 1. The third-order valence-electron chi connectivity index (χ3n) is 5.15. The van der Waals surface area contributed by atoms with Crippen molar-refractivity contribution in [3.63, 3.8) is 0 Å². The van der Waals surface area contributed by atoms with E-state index in [-0.39, 0.29) is 11.3 Å². The van der Waals surface area contributed by atoms with Crippen molar-refractivity contribution in [2.75, 3.05) is 6.61 Å². The largest absolute Gasteiger partial charge is 0.543 e. The first-order valence-electron chi connectivity index (χ1n) is 9.44. The topological polar surface area (TPSA) is 218 Å². The fourth-order valence-corrected chi connectivity index (χ4v) is 3.55. The molecule has 0 unspecified atom stereocenters. The van der Waals surface area contributed by atoms with E-state index < -0.39 is 60.9 Å². The molecule has 6 atom stereocenters.